The molecule has 150 valence electrons. The fourth-order valence-electron chi connectivity index (χ4n) is 4.50. The predicted octanol–water partition coefficient (Wildman–Crippen LogP) is 3.36. The molecule has 2 saturated heterocycles. The van der Waals surface area contributed by atoms with Gasteiger partial charge < -0.3 is 15.3 Å². The Morgan fingerprint density at radius 2 is 2.03 bits per heavy atom. The van der Waals surface area contributed by atoms with Crippen molar-refractivity contribution in [2.45, 2.75) is 43.3 Å². The number of phenolic OH excluding ortho intramolecular Hbond substituents is 1. The zero-order chi connectivity index (χ0) is 20.2. The lowest BCUT2D eigenvalue weighted by Gasteiger charge is -2.36. The van der Waals surface area contributed by atoms with E-state index in [1.54, 1.807) is 18.3 Å². The summed E-state index contributed by atoms with van der Waals surface area (Å²) >= 11 is 0. The molecule has 29 heavy (non-hydrogen) atoms. The summed E-state index contributed by atoms with van der Waals surface area (Å²) < 4.78 is 28.0. The molecular formula is C21H21F2N5O. The SMILES string of the molecule is CN(c1ccc(-c2cc3cccnc3cc2O)nn1)[C@@H]1CC2CC(F)(F)C(C1)N2. The Morgan fingerprint density at radius 3 is 2.79 bits per heavy atom. The average Bonchev–Trinajstić information content (AvgIpc) is 2.93. The van der Waals surface area contributed by atoms with E-state index >= 15 is 0 Å². The van der Waals surface area contributed by atoms with Crippen LogP contribution in [0.5, 0.6) is 5.75 Å². The highest BCUT2D eigenvalue weighted by atomic mass is 19.3. The van der Waals surface area contributed by atoms with Crippen molar-refractivity contribution in [3.8, 4) is 17.0 Å². The second kappa shape index (κ2) is 6.59. The van der Waals surface area contributed by atoms with Crippen LogP contribution in [-0.2, 0) is 0 Å². The highest BCUT2D eigenvalue weighted by molar-refractivity contribution is 5.87. The summed E-state index contributed by atoms with van der Waals surface area (Å²) in [5.41, 5.74) is 1.82. The van der Waals surface area contributed by atoms with Crippen LogP contribution in [0.15, 0.2) is 42.6 Å². The van der Waals surface area contributed by atoms with Crippen molar-refractivity contribution in [1.29, 1.82) is 0 Å². The first-order valence-corrected chi connectivity index (χ1v) is 9.69. The number of hydrogen-bond acceptors (Lipinski definition) is 6. The van der Waals surface area contributed by atoms with Crippen molar-refractivity contribution in [3.63, 3.8) is 0 Å². The molecule has 0 saturated carbocycles. The smallest absolute Gasteiger partial charge is 0.264 e. The van der Waals surface area contributed by atoms with E-state index in [0.29, 0.717) is 35.4 Å². The van der Waals surface area contributed by atoms with Gasteiger partial charge in [0.1, 0.15) is 5.75 Å². The molecule has 0 amide bonds. The normalized spacial score (nSPS) is 25.3. The monoisotopic (exact) mass is 397 g/mol. The molecule has 2 bridgehead atoms. The van der Waals surface area contributed by atoms with E-state index in [0.717, 1.165) is 5.39 Å². The minimum absolute atomic E-state index is 0.0140. The number of halogens is 2. The quantitative estimate of drug-likeness (QED) is 0.706. The van der Waals surface area contributed by atoms with Gasteiger partial charge in [0, 0.05) is 48.8 Å². The molecule has 4 heterocycles. The summed E-state index contributed by atoms with van der Waals surface area (Å²) in [7, 11) is 1.87. The number of hydrogen-bond donors (Lipinski definition) is 2. The van der Waals surface area contributed by atoms with Gasteiger partial charge in [-0.2, -0.15) is 0 Å². The Bertz CT molecular complexity index is 1060. The summed E-state index contributed by atoms with van der Waals surface area (Å²) in [6, 6.07) is 9.85. The third-order valence-electron chi connectivity index (χ3n) is 6.09. The summed E-state index contributed by atoms with van der Waals surface area (Å²) in [4.78, 5) is 6.17. The molecule has 5 rings (SSSR count). The second-order valence-corrected chi connectivity index (χ2v) is 7.96. The van der Waals surface area contributed by atoms with Crippen LogP contribution >= 0.6 is 0 Å². The molecule has 1 aromatic carbocycles. The van der Waals surface area contributed by atoms with E-state index in [2.05, 4.69) is 20.5 Å². The highest BCUT2D eigenvalue weighted by Crippen LogP contribution is 2.40. The van der Waals surface area contributed by atoms with E-state index in [1.165, 1.54) is 0 Å². The molecule has 2 unspecified atom stereocenters. The van der Waals surface area contributed by atoms with Crippen LogP contribution in [0.4, 0.5) is 14.6 Å². The van der Waals surface area contributed by atoms with Crippen LogP contribution in [0.25, 0.3) is 22.2 Å². The van der Waals surface area contributed by atoms with E-state index in [-0.39, 0.29) is 24.3 Å². The zero-order valence-corrected chi connectivity index (χ0v) is 15.9. The number of nitrogens with one attached hydrogen (secondary N) is 1. The average molecular weight is 397 g/mol. The molecule has 0 radical (unpaired) electrons. The van der Waals surface area contributed by atoms with E-state index in [4.69, 9.17) is 0 Å². The molecule has 0 spiro atoms. The summed E-state index contributed by atoms with van der Waals surface area (Å²) in [5, 5.41) is 22.9. The maximum absolute atomic E-state index is 14.0. The fraction of sp³-hybridized carbons (Fsp3) is 0.381. The van der Waals surface area contributed by atoms with Gasteiger partial charge in [0.2, 0.25) is 0 Å². The number of rotatable bonds is 3. The lowest BCUT2D eigenvalue weighted by atomic mass is 9.98. The molecule has 3 atom stereocenters. The number of nitrogens with zero attached hydrogens (tertiary/aromatic N) is 4. The molecule has 2 fully saturated rings. The van der Waals surface area contributed by atoms with Gasteiger partial charge in [0.25, 0.3) is 5.92 Å². The van der Waals surface area contributed by atoms with Crippen LogP contribution < -0.4 is 10.2 Å². The van der Waals surface area contributed by atoms with Crippen LogP contribution in [0.2, 0.25) is 0 Å². The van der Waals surface area contributed by atoms with Gasteiger partial charge in [-0.1, -0.05) is 6.07 Å². The number of alkyl halides is 2. The number of anilines is 1. The first-order valence-electron chi connectivity index (χ1n) is 9.69. The number of fused-ring (bicyclic) bond motifs is 3. The molecular weight excluding hydrogens is 376 g/mol. The Hall–Kier alpha value is -2.87. The number of piperidine rings is 1. The lowest BCUT2D eigenvalue weighted by Crippen LogP contribution is -2.49. The summed E-state index contributed by atoms with van der Waals surface area (Å²) in [6.45, 7) is 0. The molecule has 8 heteroatoms. The van der Waals surface area contributed by atoms with Gasteiger partial charge in [-0.25, -0.2) is 8.78 Å². The maximum Gasteiger partial charge on any atom is 0.264 e. The Labute approximate surface area is 166 Å². The molecule has 2 N–H and O–H groups in total. The second-order valence-electron chi connectivity index (χ2n) is 7.96. The number of aromatic nitrogens is 3. The fourth-order valence-corrected chi connectivity index (χ4v) is 4.50. The predicted molar refractivity (Wildman–Crippen MR) is 106 cm³/mol. The Kier molecular flexibility index (Phi) is 4.13. The summed E-state index contributed by atoms with van der Waals surface area (Å²) in [6.07, 6.45) is 2.61. The van der Waals surface area contributed by atoms with Crippen molar-refractivity contribution in [2.24, 2.45) is 0 Å². The standard InChI is InChI=1S/C21H21F2N5O/c1-28(14-8-13-11-21(22,23)19(9-14)25-13)20-5-4-16(26-27-20)15-7-12-3-2-6-24-17(12)10-18(15)29/h2-7,10,13-14,19,25,29H,8-9,11H2,1H3/t13?,14-,19?/m1/s1. The lowest BCUT2D eigenvalue weighted by molar-refractivity contribution is -0.0128. The summed E-state index contributed by atoms with van der Waals surface area (Å²) in [5.74, 6) is -1.92. The molecule has 6 nitrogen and oxygen atoms in total. The maximum atomic E-state index is 14.0. The van der Waals surface area contributed by atoms with Crippen molar-refractivity contribution < 1.29 is 13.9 Å². The highest BCUT2D eigenvalue weighted by Gasteiger charge is 2.53. The Balaban J connectivity index is 1.39. The minimum Gasteiger partial charge on any atom is -0.507 e. The number of aromatic hydroxyl groups is 1. The zero-order valence-electron chi connectivity index (χ0n) is 15.9. The van der Waals surface area contributed by atoms with Crippen LogP contribution in [-0.4, -0.2) is 51.4 Å². The largest absolute Gasteiger partial charge is 0.507 e. The van der Waals surface area contributed by atoms with Gasteiger partial charge in [-0.15, -0.1) is 10.2 Å². The molecule has 2 aromatic heterocycles. The van der Waals surface area contributed by atoms with Gasteiger partial charge in [-0.05, 0) is 37.1 Å². The van der Waals surface area contributed by atoms with Gasteiger partial charge in [-0.3, -0.25) is 4.98 Å². The van der Waals surface area contributed by atoms with Crippen LogP contribution in [0.1, 0.15) is 19.3 Å². The van der Waals surface area contributed by atoms with Crippen molar-refractivity contribution in [1.82, 2.24) is 20.5 Å². The van der Waals surface area contributed by atoms with Crippen LogP contribution in [0, 0.1) is 0 Å². The first kappa shape index (κ1) is 18.2. The van der Waals surface area contributed by atoms with E-state index < -0.39 is 12.0 Å². The van der Waals surface area contributed by atoms with Gasteiger partial charge >= 0.3 is 0 Å². The number of phenols is 1. The third kappa shape index (κ3) is 3.17. The Morgan fingerprint density at radius 1 is 1.17 bits per heavy atom. The third-order valence-corrected chi connectivity index (χ3v) is 6.09. The van der Waals surface area contributed by atoms with Crippen LogP contribution in [0.3, 0.4) is 0 Å². The molecule has 0 aliphatic carbocycles. The number of benzene rings is 1. The molecule has 2 aliphatic heterocycles. The minimum atomic E-state index is -2.64. The van der Waals surface area contributed by atoms with Gasteiger partial charge in [0.05, 0.1) is 17.3 Å². The van der Waals surface area contributed by atoms with Gasteiger partial charge in [0.15, 0.2) is 5.82 Å². The van der Waals surface area contributed by atoms with E-state index in [9.17, 15) is 13.9 Å². The first-order chi connectivity index (χ1) is 13.9. The van der Waals surface area contributed by atoms with E-state index in [1.807, 2.05) is 36.2 Å². The molecule has 2 aliphatic rings. The van der Waals surface area contributed by atoms with Crippen molar-refractivity contribution in [2.75, 3.05) is 11.9 Å². The van der Waals surface area contributed by atoms with Crippen molar-refractivity contribution >= 4 is 16.7 Å². The molecule has 3 aromatic rings. The van der Waals surface area contributed by atoms with Crippen molar-refractivity contribution in [3.05, 3.63) is 42.6 Å². The number of pyridine rings is 1. The topological polar surface area (TPSA) is 74.2 Å².